The minimum atomic E-state index is -0.538. The third kappa shape index (κ3) is 2.75. The Morgan fingerprint density at radius 1 is 0.818 bits per heavy atom. The maximum atomic E-state index is 12.8. The molecule has 0 amide bonds. The van der Waals surface area contributed by atoms with E-state index in [1.807, 2.05) is 0 Å². The number of carbonyl (C=O) groups is 1. The van der Waals surface area contributed by atoms with Gasteiger partial charge in [0.05, 0.1) is 11.5 Å². The van der Waals surface area contributed by atoms with Crippen molar-refractivity contribution in [2.24, 2.45) is 56.7 Å². The summed E-state index contributed by atoms with van der Waals surface area (Å²) in [5, 5.41) is 21.4. The lowest BCUT2D eigenvalue weighted by Crippen LogP contribution is -2.67. The fourth-order valence-corrected chi connectivity index (χ4v) is 11.5. The molecular formula is C30H48O3. The summed E-state index contributed by atoms with van der Waals surface area (Å²) in [6.45, 7) is 18.8. The molecule has 5 fully saturated rings. The maximum Gasteiger partial charge on any atom is 0.309 e. The number of aliphatic hydroxyl groups is 1. The predicted octanol–water partition coefficient (Wildman–Crippen LogP) is 7.09. The molecule has 2 unspecified atom stereocenters. The van der Waals surface area contributed by atoms with Gasteiger partial charge in [0.2, 0.25) is 0 Å². The van der Waals surface area contributed by atoms with Gasteiger partial charge in [0.15, 0.2) is 0 Å². The van der Waals surface area contributed by atoms with Crippen LogP contribution in [0.2, 0.25) is 0 Å². The van der Waals surface area contributed by atoms with Gasteiger partial charge in [-0.1, -0.05) is 46.8 Å². The summed E-state index contributed by atoms with van der Waals surface area (Å²) in [5.41, 5.74) is 1.35. The summed E-state index contributed by atoms with van der Waals surface area (Å²) in [7, 11) is 0. The molecule has 10 atom stereocenters. The van der Waals surface area contributed by atoms with E-state index in [-0.39, 0.29) is 33.7 Å². The Kier molecular flexibility index (Phi) is 5.15. The van der Waals surface area contributed by atoms with Crippen LogP contribution in [-0.4, -0.2) is 22.3 Å². The normalized spacial score (nSPS) is 55.0. The molecule has 3 heteroatoms. The molecule has 5 aliphatic rings. The topological polar surface area (TPSA) is 57.5 Å². The van der Waals surface area contributed by atoms with Crippen LogP contribution >= 0.6 is 0 Å². The molecule has 0 aromatic rings. The Morgan fingerprint density at radius 3 is 2.15 bits per heavy atom. The number of carboxylic acid groups (broad SMARTS) is 1. The molecular weight excluding hydrogens is 408 g/mol. The first-order valence-corrected chi connectivity index (χ1v) is 13.8. The quantitative estimate of drug-likeness (QED) is 0.436. The summed E-state index contributed by atoms with van der Waals surface area (Å²) < 4.78 is 0. The number of aliphatic carboxylic acids is 1. The summed E-state index contributed by atoms with van der Waals surface area (Å²) in [6.07, 6.45) is 10.5. The molecule has 0 aromatic carbocycles. The van der Waals surface area contributed by atoms with Gasteiger partial charge in [-0.05, 0) is 122 Å². The number of hydrogen-bond acceptors (Lipinski definition) is 2. The molecule has 186 valence electrons. The van der Waals surface area contributed by atoms with Gasteiger partial charge >= 0.3 is 5.97 Å². The van der Waals surface area contributed by atoms with E-state index in [0.29, 0.717) is 23.7 Å². The lowest BCUT2D eigenvalue weighted by atomic mass is 9.32. The van der Waals surface area contributed by atoms with Crippen LogP contribution in [0.15, 0.2) is 12.2 Å². The van der Waals surface area contributed by atoms with Gasteiger partial charge < -0.3 is 10.2 Å². The Balaban J connectivity index is 1.57. The smallest absolute Gasteiger partial charge is 0.309 e. The van der Waals surface area contributed by atoms with Gasteiger partial charge in [0.1, 0.15) is 0 Å². The highest BCUT2D eigenvalue weighted by Crippen LogP contribution is 2.77. The third-order valence-electron chi connectivity index (χ3n) is 13.5. The second kappa shape index (κ2) is 7.11. The van der Waals surface area contributed by atoms with Crippen molar-refractivity contribution in [1.29, 1.82) is 0 Å². The van der Waals surface area contributed by atoms with Crippen molar-refractivity contribution in [3.8, 4) is 0 Å². The van der Waals surface area contributed by atoms with Crippen molar-refractivity contribution in [2.45, 2.75) is 112 Å². The number of aliphatic hydroxyl groups excluding tert-OH is 1. The Labute approximate surface area is 201 Å². The molecule has 5 aliphatic carbocycles. The van der Waals surface area contributed by atoms with Crippen LogP contribution in [-0.2, 0) is 4.79 Å². The number of rotatable bonds is 2. The molecule has 0 spiro atoms. The van der Waals surface area contributed by atoms with Gasteiger partial charge in [0, 0.05) is 0 Å². The molecule has 0 heterocycles. The molecule has 3 nitrogen and oxygen atoms in total. The van der Waals surface area contributed by atoms with E-state index in [4.69, 9.17) is 0 Å². The zero-order valence-electron chi connectivity index (χ0n) is 22.0. The van der Waals surface area contributed by atoms with Crippen molar-refractivity contribution in [3.63, 3.8) is 0 Å². The molecule has 0 saturated heterocycles. The minimum Gasteiger partial charge on any atom is -0.481 e. The predicted molar refractivity (Wildman–Crippen MR) is 133 cm³/mol. The van der Waals surface area contributed by atoms with Crippen LogP contribution in [0.3, 0.4) is 0 Å². The highest BCUT2D eigenvalue weighted by Gasteiger charge is 2.71. The summed E-state index contributed by atoms with van der Waals surface area (Å²) in [5.74, 6) is 1.79. The standard InChI is InChI=1S/C30H48O3/c1-18(2)19-10-15-30(25(32)33)17-16-28(6)20(24(19)30)8-9-22-27(5)13-12-23(31)26(3,4)21(27)11-14-29(22,28)7/h19-24,31H,1,8-17H2,2-7H3,(H,32,33)/t19?,20-,21+,22-,23?,24-,27+,28-,29-,30+/m1/s1. The summed E-state index contributed by atoms with van der Waals surface area (Å²) in [6, 6.07) is 0. The Morgan fingerprint density at radius 2 is 1.52 bits per heavy atom. The molecule has 0 aliphatic heterocycles. The molecule has 0 bridgehead atoms. The third-order valence-corrected chi connectivity index (χ3v) is 13.5. The van der Waals surface area contributed by atoms with E-state index < -0.39 is 11.4 Å². The first-order valence-electron chi connectivity index (χ1n) is 13.8. The summed E-state index contributed by atoms with van der Waals surface area (Å²) in [4.78, 5) is 12.8. The highest BCUT2D eigenvalue weighted by atomic mass is 16.4. The molecule has 0 radical (unpaired) electrons. The minimum absolute atomic E-state index is 0.0202. The number of carboxylic acids is 1. The van der Waals surface area contributed by atoms with Crippen molar-refractivity contribution in [3.05, 3.63) is 12.2 Å². The van der Waals surface area contributed by atoms with Gasteiger partial charge in [0.25, 0.3) is 0 Å². The summed E-state index contributed by atoms with van der Waals surface area (Å²) >= 11 is 0. The first-order chi connectivity index (χ1) is 15.3. The zero-order valence-corrected chi connectivity index (χ0v) is 22.0. The SMILES string of the molecule is C=C(C)C1CC[C@]2(C(=O)O)CC[C@]3(C)[C@H](CC[C@@H]4[C@@]5(C)CCC(O)C(C)(C)[C@@H]5CC[C@]43C)[C@@H]12. The van der Waals surface area contributed by atoms with E-state index >= 15 is 0 Å². The lowest BCUT2D eigenvalue weighted by Gasteiger charge is -2.72. The fraction of sp³-hybridized carbons (Fsp3) is 0.900. The molecule has 33 heavy (non-hydrogen) atoms. The average Bonchev–Trinajstić information content (AvgIpc) is 3.13. The van der Waals surface area contributed by atoms with Gasteiger partial charge in [-0.15, -0.1) is 0 Å². The second-order valence-electron chi connectivity index (χ2n) is 14.5. The van der Waals surface area contributed by atoms with Crippen molar-refractivity contribution < 1.29 is 15.0 Å². The molecule has 5 saturated carbocycles. The first kappa shape index (κ1) is 23.9. The van der Waals surface area contributed by atoms with Crippen LogP contribution in [0.25, 0.3) is 0 Å². The van der Waals surface area contributed by atoms with Crippen molar-refractivity contribution in [1.82, 2.24) is 0 Å². The van der Waals surface area contributed by atoms with Crippen LogP contribution < -0.4 is 0 Å². The van der Waals surface area contributed by atoms with Crippen molar-refractivity contribution >= 4 is 5.97 Å². The van der Waals surface area contributed by atoms with Gasteiger partial charge in [-0.2, -0.15) is 0 Å². The van der Waals surface area contributed by atoms with Gasteiger partial charge in [-0.25, -0.2) is 0 Å². The van der Waals surface area contributed by atoms with E-state index in [9.17, 15) is 15.0 Å². The van der Waals surface area contributed by atoms with Crippen LogP contribution in [0, 0.1) is 56.7 Å². The van der Waals surface area contributed by atoms with Crippen molar-refractivity contribution in [2.75, 3.05) is 0 Å². The van der Waals surface area contributed by atoms with Crippen LogP contribution in [0.1, 0.15) is 106 Å². The Hall–Kier alpha value is -0.830. The monoisotopic (exact) mass is 456 g/mol. The highest BCUT2D eigenvalue weighted by molar-refractivity contribution is 5.76. The van der Waals surface area contributed by atoms with E-state index in [0.717, 1.165) is 38.5 Å². The fourth-order valence-electron chi connectivity index (χ4n) is 11.5. The molecule has 5 rings (SSSR count). The number of hydrogen-bond donors (Lipinski definition) is 2. The number of fused-ring (bicyclic) bond motifs is 7. The number of allylic oxidation sites excluding steroid dienone is 1. The largest absolute Gasteiger partial charge is 0.481 e. The van der Waals surface area contributed by atoms with Gasteiger partial charge in [-0.3, -0.25) is 4.79 Å². The second-order valence-corrected chi connectivity index (χ2v) is 14.5. The zero-order chi connectivity index (χ0) is 24.2. The maximum absolute atomic E-state index is 12.8. The van der Waals surface area contributed by atoms with Crippen LogP contribution in [0.5, 0.6) is 0 Å². The lowest BCUT2D eigenvalue weighted by molar-refractivity contribution is -0.248. The van der Waals surface area contributed by atoms with E-state index in [1.54, 1.807) is 0 Å². The van der Waals surface area contributed by atoms with Crippen LogP contribution in [0.4, 0.5) is 0 Å². The average molecular weight is 457 g/mol. The molecule has 0 aromatic heterocycles. The van der Waals surface area contributed by atoms with E-state index in [1.165, 1.54) is 31.3 Å². The Bertz CT molecular complexity index is 861. The van der Waals surface area contributed by atoms with E-state index in [2.05, 4.69) is 48.1 Å². The molecule has 2 N–H and O–H groups in total.